The SMILES string of the molecule is CN(C)CCN(C)C.O=[Se](O)O. The fourth-order valence-electron chi connectivity index (χ4n) is 0.400. The number of hydrogen-bond acceptors (Lipinski definition) is 3. The molecule has 0 saturated carbocycles. The van der Waals surface area contributed by atoms with Crippen molar-refractivity contribution < 1.29 is 12.2 Å². The van der Waals surface area contributed by atoms with Crippen LogP contribution < -0.4 is 0 Å². The van der Waals surface area contributed by atoms with Crippen molar-refractivity contribution in [3.8, 4) is 0 Å². The zero-order valence-electron chi connectivity index (χ0n) is 8.02. The Hall–Kier alpha value is 0.159. The summed E-state index contributed by atoms with van der Waals surface area (Å²) in [6.07, 6.45) is 0. The van der Waals surface area contributed by atoms with E-state index in [1.54, 1.807) is 0 Å². The molecule has 2 N–H and O–H groups in total. The van der Waals surface area contributed by atoms with Gasteiger partial charge in [0.15, 0.2) is 0 Å². The Morgan fingerprint density at radius 1 is 1.00 bits per heavy atom. The second kappa shape index (κ2) is 9.25. The molecule has 12 heavy (non-hydrogen) atoms. The zero-order valence-corrected chi connectivity index (χ0v) is 9.73. The van der Waals surface area contributed by atoms with Gasteiger partial charge in [-0.05, 0) is 28.2 Å². The predicted octanol–water partition coefficient (Wildman–Crippen LogP) is -1.50. The van der Waals surface area contributed by atoms with Gasteiger partial charge in [0.1, 0.15) is 0 Å². The summed E-state index contributed by atoms with van der Waals surface area (Å²) < 4.78 is 23.1. The van der Waals surface area contributed by atoms with E-state index in [-0.39, 0.29) is 0 Å². The maximum atomic E-state index is 8.76. The van der Waals surface area contributed by atoms with Crippen molar-refractivity contribution in [2.45, 2.75) is 0 Å². The van der Waals surface area contributed by atoms with Crippen LogP contribution in [0.15, 0.2) is 0 Å². The Bertz CT molecular complexity index is 107. The first-order chi connectivity index (χ1) is 5.36. The van der Waals surface area contributed by atoms with Gasteiger partial charge in [0.05, 0.1) is 0 Å². The molecule has 0 radical (unpaired) electrons. The summed E-state index contributed by atoms with van der Waals surface area (Å²) in [7, 11) is 8.35. The van der Waals surface area contributed by atoms with Crippen molar-refractivity contribution in [2.24, 2.45) is 0 Å². The van der Waals surface area contributed by atoms with Gasteiger partial charge in [0.25, 0.3) is 0 Å². The van der Waals surface area contributed by atoms with Crippen LogP contribution in [0.5, 0.6) is 0 Å². The quantitative estimate of drug-likeness (QED) is 0.592. The van der Waals surface area contributed by atoms with E-state index in [4.69, 9.17) is 12.2 Å². The summed E-state index contributed by atoms with van der Waals surface area (Å²) in [5.74, 6) is 0. The monoisotopic (exact) mass is 246 g/mol. The van der Waals surface area contributed by atoms with E-state index >= 15 is 0 Å². The van der Waals surface area contributed by atoms with Crippen molar-refractivity contribution in [3.63, 3.8) is 0 Å². The average molecular weight is 245 g/mol. The van der Waals surface area contributed by atoms with Crippen LogP contribution in [-0.2, 0) is 3.83 Å². The summed E-state index contributed by atoms with van der Waals surface area (Å²) in [4.78, 5) is 4.36. The van der Waals surface area contributed by atoms with Crippen molar-refractivity contribution >= 4 is 14.5 Å². The van der Waals surface area contributed by atoms with Gasteiger partial charge < -0.3 is 9.80 Å². The molecule has 6 heteroatoms. The van der Waals surface area contributed by atoms with E-state index in [9.17, 15) is 0 Å². The number of hydrogen-bond donors (Lipinski definition) is 2. The van der Waals surface area contributed by atoms with E-state index in [1.165, 1.54) is 0 Å². The Kier molecular flexibility index (Phi) is 11.3. The molecule has 0 bridgehead atoms. The van der Waals surface area contributed by atoms with Crippen molar-refractivity contribution in [3.05, 3.63) is 0 Å². The van der Waals surface area contributed by atoms with Gasteiger partial charge in [0, 0.05) is 13.1 Å². The Labute approximate surface area is 78.3 Å². The van der Waals surface area contributed by atoms with Gasteiger partial charge in [-0.15, -0.1) is 0 Å². The van der Waals surface area contributed by atoms with Crippen LogP contribution in [0.2, 0.25) is 0 Å². The standard InChI is InChI=1S/C6H16N2.H2O3Se/c1-7(2)5-6-8(3)4;1-4(2)3/h5-6H2,1-4H3;(H2,1,2,3). The molecule has 0 fully saturated rings. The molecule has 0 spiro atoms. The van der Waals surface area contributed by atoms with E-state index in [1.807, 2.05) is 0 Å². The van der Waals surface area contributed by atoms with Crippen molar-refractivity contribution in [2.75, 3.05) is 41.3 Å². The summed E-state index contributed by atoms with van der Waals surface area (Å²) in [5, 5.41) is 0. The van der Waals surface area contributed by atoms with Gasteiger partial charge in [0.2, 0.25) is 0 Å². The fourth-order valence-corrected chi connectivity index (χ4v) is 0.400. The molecule has 0 aromatic heterocycles. The summed E-state index contributed by atoms with van der Waals surface area (Å²) in [6, 6.07) is 0. The van der Waals surface area contributed by atoms with Crippen molar-refractivity contribution in [1.82, 2.24) is 9.80 Å². The van der Waals surface area contributed by atoms with Crippen molar-refractivity contribution in [1.29, 1.82) is 0 Å². The Morgan fingerprint density at radius 3 is 1.25 bits per heavy atom. The first-order valence-corrected chi connectivity index (χ1v) is 5.68. The molecule has 5 nitrogen and oxygen atoms in total. The molecule has 0 aliphatic rings. The van der Waals surface area contributed by atoms with Crippen LogP contribution >= 0.6 is 0 Å². The van der Waals surface area contributed by atoms with E-state index < -0.39 is 14.5 Å². The first-order valence-electron chi connectivity index (χ1n) is 3.45. The number of rotatable bonds is 3. The van der Waals surface area contributed by atoms with E-state index in [2.05, 4.69) is 38.0 Å². The first kappa shape index (κ1) is 14.7. The third-order valence-corrected chi connectivity index (χ3v) is 0.994. The molecule has 0 heterocycles. The molecule has 0 aromatic rings. The summed E-state index contributed by atoms with van der Waals surface area (Å²) in [5.41, 5.74) is 0. The summed E-state index contributed by atoms with van der Waals surface area (Å²) >= 11 is -3.29. The zero-order chi connectivity index (χ0) is 10.1. The molecule has 0 unspecified atom stereocenters. The second-order valence-electron chi connectivity index (χ2n) is 2.84. The molecule has 0 aliphatic carbocycles. The minimum absolute atomic E-state index is 1.15. The number of likely N-dealkylation sites (N-methyl/N-ethyl adjacent to an activating group) is 2. The van der Waals surface area contributed by atoms with Gasteiger partial charge in [-0.2, -0.15) is 0 Å². The normalized spacial score (nSPS) is 10.4. The van der Waals surface area contributed by atoms with Crippen LogP contribution in [0.3, 0.4) is 0 Å². The minimum atomic E-state index is -3.29. The third-order valence-electron chi connectivity index (χ3n) is 0.994. The Balaban J connectivity index is 0. The predicted molar refractivity (Wildman–Crippen MR) is 48.0 cm³/mol. The van der Waals surface area contributed by atoms with Gasteiger partial charge in [-0.3, -0.25) is 0 Å². The molecule has 0 atom stereocenters. The van der Waals surface area contributed by atoms with E-state index in [0.717, 1.165) is 13.1 Å². The van der Waals surface area contributed by atoms with Gasteiger partial charge in [-0.25, -0.2) is 0 Å². The number of nitrogens with zero attached hydrogens (tertiary/aromatic N) is 2. The molecule has 76 valence electrons. The van der Waals surface area contributed by atoms with Gasteiger partial charge in [-0.1, -0.05) is 0 Å². The van der Waals surface area contributed by atoms with E-state index in [0.29, 0.717) is 0 Å². The molecule has 0 rings (SSSR count). The third kappa shape index (κ3) is 32.0. The van der Waals surface area contributed by atoms with Gasteiger partial charge >= 0.3 is 26.7 Å². The van der Waals surface area contributed by atoms with Crippen LogP contribution in [0.4, 0.5) is 0 Å². The second-order valence-corrected chi connectivity index (χ2v) is 3.81. The molecular weight excluding hydrogens is 227 g/mol. The Morgan fingerprint density at radius 2 is 1.17 bits per heavy atom. The van der Waals surface area contributed by atoms with Crippen LogP contribution in [0, 0.1) is 0 Å². The molecule has 0 aromatic carbocycles. The van der Waals surface area contributed by atoms with Crippen LogP contribution in [0.25, 0.3) is 0 Å². The average Bonchev–Trinajstić information content (AvgIpc) is 1.82. The van der Waals surface area contributed by atoms with Crippen LogP contribution in [-0.4, -0.2) is 74.0 Å². The summed E-state index contributed by atoms with van der Waals surface area (Å²) in [6.45, 7) is 2.29. The molecule has 0 saturated heterocycles. The topological polar surface area (TPSA) is 64.0 Å². The van der Waals surface area contributed by atoms with Crippen LogP contribution in [0.1, 0.15) is 0 Å². The molecule has 0 amide bonds. The molecular formula is C6H18N2O3Se. The maximum absolute atomic E-state index is 8.76. The molecule has 0 aliphatic heterocycles. The fraction of sp³-hybridized carbons (Fsp3) is 1.00.